The van der Waals surface area contributed by atoms with Gasteiger partial charge in [0.15, 0.2) is 0 Å². The highest BCUT2D eigenvalue weighted by Crippen LogP contribution is 2.31. The molecule has 92 valence electrons. The highest BCUT2D eigenvalue weighted by atomic mass is 19.4. The van der Waals surface area contributed by atoms with Gasteiger partial charge < -0.3 is 9.64 Å². The van der Waals surface area contributed by atoms with Crippen molar-refractivity contribution in [3.05, 3.63) is 0 Å². The van der Waals surface area contributed by atoms with E-state index in [1.165, 1.54) is 0 Å². The Labute approximate surface area is 91.5 Å². The number of hydrogen-bond acceptors (Lipinski definition) is 2. The molecule has 16 heavy (non-hydrogen) atoms. The van der Waals surface area contributed by atoms with Crippen LogP contribution < -0.4 is 0 Å². The van der Waals surface area contributed by atoms with E-state index in [-0.39, 0.29) is 25.3 Å². The minimum atomic E-state index is -4.76. The number of ether oxygens (including phenoxy) is 1. The number of halogens is 3. The molecule has 0 aromatic heterocycles. The molecule has 2 unspecified atom stereocenters. The molecule has 3 nitrogen and oxygen atoms in total. The molecule has 2 rings (SSSR count). The summed E-state index contributed by atoms with van der Waals surface area (Å²) in [5.74, 6) is -1.72. The van der Waals surface area contributed by atoms with Crippen molar-refractivity contribution in [1.82, 2.24) is 4.90 Å². The SMILES string of the molecule is O=C(N1CCOC2CCCCC21)C(F)(F)F. The van der Waals surface area contributed by atoms with Crippen LogP contribution in [-0.2, 0) is 9.53 Å². The Bertz CT molecular complexity index is 278. The van der Waals surface area contributed by atoms with E-state index in [0.717, 1.165) is 24.2 Å². The van der Waals surface area contributed by atoms with Gasteiger partial charge in [-0.05, 0) is 12.8 Å². The lowest BCUT2D eigenvalue weighted by molar-refractivity contribution is -0.198. The highest BCUT2D eigenvalue weighted by Gasteiger charge is 2.47. The van der Waals surface area contributed by atoms with Gasteiger partial charge in [-0.2, -0.15) is 13.2 Å². The van der Waals surface area contributed by atoms with E-state index in [1.807, 2.05) is 0 Å². The summed E-state index contributed by atoms with van der Waals surface area (Å²) in [6, 6.07) is -0.378. The maximum Gasteiger partial charge on any atom is 0.471 e. The number of nitrogens with zero attached hydrogens (tertiary/aromatic N) is 1. The van der Waals surface area contributed by atoms with E-state index in [4.69, 9.17) is 4.74 Å². The number of rotatable bonds is 0. The Morgan fingerprint density at radius 1 is 1.25 bits per heavy atom. The molecular formula is C10H14F3NO2. The standard InChI is InChI=1S/C10H14F3NO2/c11-10(12,13)9(15)14-5-6-16-8-4-2-1-3-7(8)14/h7-8H,1-6H2. The molecule has 1 amide bonds. The quantitative estimate of drug-likeness (QED) is 0.642. The first-order valence-corrected chi connectivity index (χ1v) is 5.49. The second-order valence-electron chi connectivity index (χ2n) is 4.26. The molecule has 0 aromatic rings. The van der Waals surface area contributed by atoms with E-state index in [2.05, 4.69) is 0 Å². The first-order chi connectivity index (χ1) is 7.50. The Morgan fingerprint density at radius 3 is 2.62 bits per heavy atom. The first kappa shape index (κ1) is 11.7. The van der Waals surface area contributed by atoms with Gasteiger partial charge in [-0.15, -0.1) is 0 Å². The molecule has 2 aliphatic rings. The van der Waals surface area contributed by atoms with E-state index in [0.29, 0.717) is 6.42 Å². The van der Waals surface area contributed by atoms with Gasteiger partial charge in [0, 0.05) is 6.54 Å². The molecule has 2 atom stereocenters. The van der Waals surface area contributed by atoms with Crippen LogP contribution in [0.1, 0.15) is 25.7 Å². The van der Waals surface area contributed by atoms with E-state index < -0.39 is 12.1 Å². The van der Waals surface area contributed by atoms with Gasteiger partial charge in [-0.3, -0.25) is 4.79 Å². The van der Waals surface area contributed by atoms with Crippen LogP contribution in [-0.4, -0.2) is 42.3 Å². The third-order valence-electron chi connectivity index (χ3n) is 3.24. The summed E-state index contributed by atoms with van der Waals surface area (Å²) < 4.78 is 42.5. The topological polar surface area (TPSA) is 29.5 Å². The summed E-state index contributed by atoms with van der Waals surface area (Å²) in [7, 11) is 0. The Morgan fingerprint density at radius 2 is 1.94 bits per heavy atom. The molecule has 0 N–H and O–H groups in total. The second-order valence-corrected chi connectivity index (χ2v) is 4.26. The summed E-state index contributed by atoms with van der Waals surface area (Å²) in [6.45, 7) is 0.266. The number of alkyl halides is 3. The zero-order valence-corrected chi connectivity index (χ0v) is 8.79. The Hall–Kier alpha value is -0.780. The van der Waals surface area contributed by atoms with Crippen LogP contribution in [0, 0.1) is 0 Å². The van der Waals surface area contributed by atoms with Crippen molar-refractivity contribution in [3.8, 4) is 0 Å². The number of carbonyl (C=O) groups excluding carboxylic acids is 1. The number of fused-ring (bicyclic) bond motifs is 1. The Kier molecular flexibility index (Phi) is 3.10. The average Bonchev–Trinajstić information content (AvgIpc) is 2.26. The van der Waals surface area contributed by atoms with Crippen molar-refractivity contribution in [2.45, 2.75) is 44.0 Å². The van der Waals surface area contributed by atoms with Crippen molar-refractivity contribution < 1.29 is 22.7 Å². The van der Waals surface area contributed by atoms with Crippen LogP contribution in [0.4, 0.5) is 13.2 Å². The Balaban J connectivity index is 2.11. The van der Waals surface area contributed by atoms with Gasteiger partial charge in [0.25, 0.3) is 0 Å². The van der Waals surface area contributed by atoms with Crippen molar-refractivity contribution in [2.75, 3.05) is 13.2 Å². The summed E-state index contributed by atoms with van der Waals surface area (Å²) >= 11 is 0. The normalized spacial score (nSPS) is 31.1. The lowest BCUT2D eigenvalue weighted by Gasteiger charge is -2.43. The molecule has 1 heterocycles. The molecule has 1 aliphatic carbocycles. The fourth-order valence-electron chi connectivity index (χ4n) is 2.51. The van der Waals surface area contributed by atoms with Gasteiger partial charge in [0.2, 0.25) is 0 Å². The van der Waals surface area contributed by atoms with Crippen molar-refractivity contribution in [1.29, 1.82) is 0 Å². The van der Waals surface area contributed by atoms with Gasteiger partial charge in [0.1, 0.15) is 0 Å². The largest absolute Gasteiger partial charge is 0.471 e. The molecule has 6 heteroatoms. The van der Waals surface area contributed by atoms with E-state index >= 15 is 0 Å². The number of amides is 1. The summed E-state index contributed by atoms with van der Waals surface area (Å²) in [4.78, 5) is 12.2. The zero-order valence-electron chi connectivity index (χ0n) is 8.79. The maximum absolute atomic E-state index is 12.4. The smallest absolute Gasteiger partial charge is 0.374 e. The summed E-state index contributed by atoms with van der Waals surface area (Å²) in [5.41, 5.74) is 0. The molecule has 2 fully saturated rings. The van der Waals surface area contributed by atoms with Gasteiger partial charge in [-0.1, -0.05) is 12.8 Å². The number of morpholine rings is 1. The van der Waals surface area contributed by atoms with Crippen LogP contribution >= 0.6 is 0 Å². The fourth-order valence-corrected chi connectivity index (χ4v) is 2.51. The van der Waals surface area contributed by atoms with Gasteiger partial charge >= 0.3 is 12.1 Å². The number of hydrogen-bond donors (Lipinski definition) is 0. The first-order valence-electron chi connectivity index (χ1n) is 5.49. The van der Waals surface area contributed by atoms with Crippen LogP contribution in [0.15, 0.2) is 0 Å². The van der Waals surface area contributed by atoms with Crippen molar-refractivity contribution >= 4 is 5.91 Å². The van der Waals surface area contributed by atoms with Crippen LogP contribution in [0.3, 0.4) is 0 Å². The fraction of sp³-hybridized carbons (Fsp3) is 0.900. The molecule has 0 aromatic carbocycles. The minimum Gasteiger partial charge on any atom is -0.374 e. The lowest BCUT2D eigenvalue weighted by atomic mass is 9.90. The monoisotopic (exact) mass is 237 g/mol. The molecule has 1 aliphatic heterocycles. The average molecular weight is 237 g/mol. The molecule has 1 saturated heterocycles. The molecule has 0 spiro atoms. The highest BCUT2D eigenvalue weighted by molar-refractivity contribution is 5.82. The number of carbonyl (C=O) groups is 1. The molecule has 1 saturated carbocycles. The molecule has 0 bridgehead atoms. The third-order valence-corrected chi connectivity index (χ3v) is 3.24. The summed E-state index contributed by atoms with van der Waals surface area (Å²) in [5, 5.41) is 0. The minimum absolute atomic E-state index is 0.0551. The molecular weight excluding hydrogens is 223 g/mol. The predicted octanol–water partition coefficient (Wildman–Crippen LogP) is 1.72. The van der Waals surface area contributed by atoms with E-state index in [9.17, 15) is 18.0 Å². The summed E-state index contributed by atoms with van der Waals surface area (Å²) in [6.07, 6.45) is -1.76. The maximum atomic E-state index is 12.4. The molecule has 0 radical (unpaired) electrons. The second kappa shape index (κ2) is 4.24. The van der Waals surface area contributed by atoms with Gasteiger partial charge in [-0.25, -0.2) is 0 Å². The van der Waals surface area contributed by atoms with Crippen LogP contribution in [0.5, 0.6) is 0 Å². The zero-order chi connectivity index (χ0) is 11.8. The third kappa shape index (κ3) is 2.16. The van der Waals surface area contributed by atoms with Crippen molar-refractivity contribution in [3.63, 3.8) is 0 Å². The predicted molar refractivity (Wildman–Crippen MR) is 49.8 cm³/mol. The van der Waals surface area contributed by atoms with Crippen LogP contribution in [0.25, 0.3) is 0 Å². The lowest BCUT2D eigenvalue weighted by Crippen LogP contribution is -2.57. The van der Waals surface area contributed by atoms with Crippen LogP contribution in [0.2, 0.25) is 0 Å². The van der Waals surface area contributed by atoms with E-state index in [1.54, 1.807) is 0 Å². The van der Waals surface area contributed by atoms with Crippen molar-refractivity contribution in [2.24, 2.45) is 0 Å². The van der Waals surface area contributed by atoms with Gasteiger partial charge in [0.05, 0.1) is 18.8 Å².